The Kier molecular flexibility index (Phi) is 6.86. The second kappa shape index (κ2) is 8.52. The summed E-state index contributed by atoms with van der Waals surface area (Å²) in [6, 6.07) is 8.59. The number of carbonyl (C=O) groups excluding carboxylic acids is 2. The Morgan fingerprint density at radius 1 is 1.28 bits per heavy atom. The van der Waals surface area contributed by atoms with Crippen LogP contribution in [0.2, 0.25) is 0 Å². The summed E-state index contributed by atoms with van der Waals surface area (Å²) < 4.78 is 0. The lowest BCUT2D eigenvalue weighted by molar-refractivity contribution is -0.191. The minimum absolute atomic E-state index is 0.250. The number of thioether (sulfide) groups is 2. The summed E-state index contributed by atoms with van der Waals surface area (Å²) in [7, 11) is 0. The predicted octanol–water partition coefficient (Wildman–Crippen LogP) is 2.24. The van der Waals surface area contributed by atoms with E-state index in [1.807, 2.05) is 0 Å². The van der Waals surface area contributed by atoms with E-state index in [4.69, 9.17) is 9.59 Å². The topological polar surface area (TPSA) is 75.7 Å². The van der Waals surface area contributed by atoms with Gasteiger partial charge in [-0.05, 0) is 24.0 Å². The molecule has 0 spiro atoms. The van der Waals surface area contributed by atoms with Crippen LogP contribution >= 0.6 is 23.5 Å². The van der Waals surface area contributed by atoms with Crippen LogP contribution in [0, 0.1) is 0 Å². The van der Waals surface area contributed by atoms with Crippen molar-refractivity contribution in [3.63, 3.8) is 0 Å². The molecular formula is C11H11N3O2S2. The average molecular weight is 281 g/mol. The number of hydrogen-bond acceptors (Lipinski definition) is 6. The van der Waals surface area contributed by atoms with Gasteiger partial charge in [0.05, 0.1) is 6.20 Å². The van der Waals surface area contributed by atoms with Crippen LogP contribution in [0.4, 0.5) is 0 Å². The van der Waals surface area contributed by atoms with E-state index in [0.29, 0.717) is 0 Å². The molecule has 2 rings (SSSR count). The number of H-pyrrole nitrogens is 1. The van der Waals surface area contributed by atoms with Gasteiger partial charge in [-0.2, -0.15) is 19.9 Å². The Balaban J connectivity index is 0.000000492. The van der Waals surface area contributed by atoms with E-state index < -0.39 is 0 Å². The second-order valence-electron chi connectivity index (χ2n) is 3.03. The number of aromatic nitrogens is 3. The molecule has 0 atom stereocenters. The van der Waals surface area contributed by atoms with Crippen molar-refractivity contribution in [3.05, 3.63) is 36.0 Å². The smallest absolute Gasteiger partial charge is 0.197 e. The van der Waals surface area contributed by atoms with Crippen LogP contribution < -0.4 is 0 Å². The van der Waals surface area contributed by atoms with Gasteiger partial charge in [-0.3, -0.25) is 0 Å². The van der Waals surface area contributed by atoms with Crippen LogP contribution in [-0.2, 0) is 15.3 Å². The molecule has 0 saturated heterocycles. The molecule has 18 heavy (non-hydrogen) atoms. The number of benzene rings is 1. The lowest BCUT2D eigenvalue weighted by atomic mass is 10.2. The molecule has 0 bridgehead atoms. The number of aromatic amines is 1. The zero-order valence-electron chi connectivity index (χ0n) is 9.62. The molecule has 7 heteroatoms. The highest BCUT2D eigenvalue weighted by Gasteiger charge is 1.98. The van der Waals surface area contributed by atoms with Gasteiger partial charge in [-0.25, -0.2) is 0 Å². The van der Waals surface area contributed by atoms with Gasteiger partial charge in [0.1, 0.15) is 5.03 Å². The Morgan fingerprint density at radius 3 is 2.44 bits per heavy atom. The van der Waals surface area contributed by atoms with Crippen LogP contribution in [-0.4, -0.2) is 27.8 Å². The van der Waals surface area contributed by atoms with Gasteiger partial charge >= 0.3 is 6.15 Å². The monoisotopic (exact) mass is 281 g/mol. The zero-order valence-corrected chi connectivity index (χ0v) is 11.3. The minimum Gasteiger partial charge on any atom is -0.197 e. The zero-order chi connectivity index (χ0) is 13.2. The van der Waals surface area contributed by atoms with Crippen molar-refractivity contribution in [2.24, 2.45) is 0 Å². The fourth-order valence-electron chi connectivity index (χ4n) is 1.14. The fraction of sp³-hybridized carbons (Fsp3) is 0.182. The summed E-state index contributed by atoms with van der Waals surface area (Å²) in [6.07, 6.45) is 4.07. The van der Waals surface area contributed by atoms with Gasteiger partial charge in [0.2, 0.25) is 0 Å². The standard InChI is InChI=1S/C10H11N3S2.CO2/c1-14-9-4-2-8(3-5-9)7-15-10-6-11-13-12-10;2-1-3/h2-6H,7H2,1H3,(H,11,12,13);. The first kappa shape index (κ1) is 14.5. The number of rotatable bonds is 4. The molecule has 0 fully saturated rings. The Bertz CT molecular complexity index is 479. The molecule has 2 aromatic rings. The number of nitrogens with zero attached hydrogens (tertiary/aromatic N) is 2. The molecule has 0 amide bonds. The van der Waals surface area contributed by atoms with Crippen molar-refractivity contribution in [1.29, 1.82) is 0 Å². The lowest BCUT2D eigenvalue weighted by Crippen LogP contribution is -1.80. The summed E-state index contributed by atoms with van der Waals surface area (Å²) in [5.74, 6) is 0.932. The van der Waals surface area contributed by atoms with Crippen molar-refractivity contribution >= 4 is 29.7 Å². The van der Waals surface area contributed by atoms with Crippen molar-refractivity contribution in [3.8, 4) is 0 Å². The fourth-order valence-corrected chi connectivity index (χ4v) is 2.29. The highest BCUT2D eigenvalue weighted by Crippen LogP contribution is 2.21. The summed E-state index contributed by atoms with van der Waals surface area (Å²) in [5.41, 5.74) is 1.31. The summed E-state index contributed by atoms with van der Waals surface area (Å²) in [4.78, 5) is 17.5. The van der Waals surface area contributed by atoms with E-state index in [2.05, 4.69) is 45.9 Å². The minimum atomic E-state index is 0.250. The SMILES string of the molecule is CSc1ccc(CSc2cn[nH]n2)cc1.O=C=O. The Hall–Kier alpha value is -1.56. The van der Waals surface area contributed by atoms with Crippen molar-refractivity contribution in [2.45, 2.75) is 15.7 Å². The van der Waals surface area contributed by atoms with Crippen LogP contribution in [0.25, 0.3) is 0 Å². The molecule has 1 heterocycles. The number of nitrogens with one attached hydrogen (secondary N) is 1. The maximum absolute atomic E-state index is 8.12. The predicted molar refractivity (Wildman–Crippen MR) is 69.2 cm³/mol. The maximum Gasteiger partial charge on any atom is 0.373 e. The number of hydrogen-bond donors (Lipinski definition) is 1. The van der Waals surface area contributed by atoms with E-state index in [0.717, 1.165) is 10.8 Å². The first-order chi connectivity index (χ1) is 8.80. The van der Waals surface area contributed by atoms with Crippen molar-refractivity contribution in [2.75, 3.05) is 6.26 Å². The van der Waals surface area contributed by atoms with Crippen molar-refractivity contribution in [1.82, 2.24) is 15.4 Å². The summed E-state index contributed by atoms with van der Waals surface area (Å²) in [5, 5.41) is 11.3. The molecular weight excluding hydrogens is 270 g/mol. The third kappa shape index (κ3) is 5.18. The van der Waals surface area contributed by atoms with E-state index in [-0.39, 0.29) is 6.15 Å². The average Bonchev–Trinajstić information content (AvgIpc) is 2.91. The highest BCUT2D eigenvalue weighted by atomic mass is 32.2. The molecule has 0 aliphatic rings. The molecule has 1 N–H and O–H groups in total. The second-order valence-corrected chi connectivity index (χ2v) is 4.90. The van der Waals surface area contributed by atoms with Gasteiger partial charge in [-0.1, -0.05) is 23.9 Å². The largest absolute Gasteiger partial charge is 0.373 e. The van der Waals surface area contributed by atoms with E-state index in [1.54, 1.807) is 29.7 Å². The van der Waals surface area contributed by atoms with E-state index >= 15 is 0 Å². The Labute approximate surface area is 113 Å². The third-order valence-electron chi connectivity index (χ3n) is 1.94. The van der Waals surface area contributed by atoms with Crippen LogP contribution in [0.15, 0.2) is 40.4 Å². The highest BCUT2D eigenvalue weighted by molar-refractivity contribution is 7.98. The van der Waals surface area contributed by atoms with Gasteiger partial charge < -0.3 is 0 Å². The molecule has 94 valence electrons. The van der Waals surface area contributed by atoms with Gasteiger partial charge in [-0.15, -0.1) is 16.9 Å². The molecule has 0 unspecified atom stereocenters. The van der Waals surface area contributed by atoms with Gasteiger partial charge in [0, 0.05) is 10.6 Å². The molecule has 0 aliphatic carbocycles. The first-order valence-electron chi connectivity index (χ1n) is 4.91. The molecule has 0 radical (unpaired) electrons. The molecule has 0 saturated carbocycles. The van der Waals surface area contributed by atoms with E-state index in [9.17, 15) is 0 Å². The Morgan fingerprint density at radius 2 is 1.94 bits per heavy atom. The molecule has 1 aromatic carbocycles. The van der Waals surface area contributed by atoms with Crippen LogP contribution in [0.1, 0.15) is 5.56 Å². The summed E-state index contributed by atoms with van der Waals surface area (Å²) >= 11 is 3.44. The molecule has 5 nitrogen and oxygen atoms in total. The van der Waals surface area contributed by atoms with Crippen LogP contribution in [0.3, 0.4) is 0 Å². The van der Waals surface area contributed by atoms with E-state index in [1.165, 1.54) is 10.5 Å². The first-order valence-corrected chi connectivity index (χ1v) is 7.12. The van der Waals surface area contributed by atoms with Gasteiger partial charge in [0.25, 0.3) is 0 Å². The third-order valence-corrected chi connectivity index (χ3v) is 3.65. The quantitative estimate of drug-likeness (QED) is 0.866. The molecule has 1 aromatic heterocycles. The normalized spacial score (nSPS) is 9.17. The lowest BCUT2D eigenvalue weighted by Gasteiger charge is -2.00. The molecule has 0 aliphatic heterocycles. The van der Waals surface area contributed by atoms with Crippen LogP contribution in [0.5, 0.6) is 0 Å². The van der Waals surface area contributed by atoms with Gasteiger partial charge in [0.15, 0.2) is 0 Å². The van der Waals surface area contributed by atoms with Crippen molar-refractivity contribution < 1.29 is 9.59 Å². The maximum atomic E-state index is 8.12. The summed E-state index contributed by atoms with van der Waals surface area (Å²) in [6.45, 7) is 0.